The lowest BCUT2D eigenvalue weighted by molar-refractivity contribution is -0.130. The molecule has 13 heteroatoms. The lowest BCUT2D eigenvalue weighted by Gasteiger charge is -2.24. The van der Waals surface area contributed by atoms with Crippen molar-refractivity contribution in [2.45, 2.75) is 45.1 Å². The van der Waals surface area contributed by atoms with Gasteiger partial charge in [0.15, 0.2) is 17.1 Å². The predicted octanol–water partition coefficient (Wildman–Crippen LogP) is 2.31. The Bertz CT molecular complexity index is 1680. The van der Waals surface area contributed by atoms with E-state index in [-0.39, 0.29) is 36.2 Å². The number of rotatable bonds is 5. The molecular weight excluding hydrogens is 566 g/mol. The van der Waals surface area contributed by atoms with Crippen LogP contribution < -0.4 is 14.8 Å². The average Bonchev–Trinajstić information content (AvgIpc) is 3.75. The van der Waals surface area contributed by atoms with Gasteiger partial charge >= 0.3 is 0 Å². The van der Waals surface area contributed by atoms with Crippen LogP contribution in [0.3, 0.4) is 0 Å². The molecule has 2 aliphatic heterocycles. The zero-order valence-corrected chi connectivity index (χ0v) is 25.0. The molecule has 44 heavy (non-hydrogen) atoms. The lowest BCUT2D eigenvalue weighted by atomic mass is 9.94. The lowest BCUT2D eigenvalue weighted by Crippen LogP contribution is -2.47. The van der Waals surface area contributed by atoms with Gasteiger partial charge in [0.2, 0.25) is 11.8 Å². The first-order valence-corrected chi connectivity index (χ1v) is 14.7. The Kier molecular flexibility index (Phi) is 8.18. The second kappa shape index (κ2) is 12.3. The van der Waals surface area contributed by atoms with Gasteiger partial charge in [-0.3, -0.25) is 14.4 Å². The molecule has 230 valence electrons. The molecule has 3 aromatic heterocycles. The maximum Gasteiger partial charge on any atom is 0.255 e. The number of carbonyl (C=O) groups excluding carboxylic acids is 3. The molecule has 0 spiro atoms. The van der Waals surface area contributed by atoms with Crippen LogP contribution in [0.4, 0.5) is 0 Å². The van der Waals surface area contributed by atoms with Gasteiger partial charge in [0.25, 0.3) is 5.91 Å². The number of methoxy groups -OCH3 is 1. The third-order valence-electron chi connectivity index (χ3n) is 8.38. The van der Waals surface area contributed by atoms with Gasteiger partial charge in [-0.15, -0.1) is 0 Å². The Balaban J connectivity index is 1.24. The number of nitrogens with one attached hydrogen (secondary N) is 1. The second-order valence-electron chi connectivity index (χ2n) is 11.2. The van der Waals surface area contributed by atoms with Crippen LogP contribution in [0.1, 0.15) is 51.7 Å². The molecule has 0 radical (unpaired) electrons. The Labute approximate surface area is 254 Å². The summed E-state index contributed by atoms with van der Waals surface area (Å²) >= 11 is 0. The third-order valence-corrected chi connectivity index (χ3v) is 8.38. The van der Waals surface area contributed by atoms with Crippen LogP contribution in [0.15, 0.2) is 47.4 Å². The molecular formula is C31H35N7O6. The van der Waals surface area contributed by atoms with Gasteiger partial charge in [0, 0.05) is 43.7 Å². The standard InChI is InChI=1S/C31H35N7O6/c1-19-23(20(2)44-35-19)7-10-30(40)37-15-24-21-5-8-26(42-3)27(13-21)43-12-4-11-36(17-29(39)34-25(24)16-37)31(41)22-6-9-28-32-18-33-38(28)14-22/h5-6,8-9,13-14,18,24-25H,4,7,10-12,15-17H2,1-3H3,(H,34,39)/t24-,25+/m1/s1. The van der Waals surface area contributed by atoms with Crippen molar-refractivity contribution in [3.05, 3.63) is 71.0 Å². The van der Waals surface area contributed by atoms with Gasteiger partial charge in [0.1, 0.15) is 12.1 Å². The van der Waals surface area contributed by atoms with Gasteiger partial charge in [-0.2, -0.15) is 5.10 Å². The van der Waals surface area contributed by atoms with E-state index in [1.807, 2.05) is 32.0 Å². The Morgan fingerprint density at radius 3 is 2.80 bits per heavy atom. The van der Waals surface area contributed by atoms with E-state index in [0.717, 1.165) is 16.8 Å². The molecule has 0 saturated carbocycles. The maximum absolute atomic E-state index is 13.6. The number of pyridine rings is 1. The number of aryl methyl sites for hydroxylation is 2. The van der Waals surface area contributed by atoms with E-state index in [1.54, 1.807) is 30.3 Å². The molecule has 13 nitrogen and oxygen atoms in total. The molecule has 0 aliphatic carbocycles. The molecule has 2 bridgehead atoms. The summed E-state index contributed by atoms with van der Waals surface area (Å²) in [5.41, 5.74) is 3.67. The normalized spacial score (nSPS) is 18.9. The summed E-state index contributed by atoms with van der Waals surface area (Å²) in [6.45, 7) is 4.95. The van der Waals surface area contributed by atoms with Crippen LogP contribution in [0.5, 0.6) is 11.5 Å². The van der Waals surface area contributed by atoms with E-state index in [4.69, 9.17) is 14.0 Å². The number of hydrogen-bond acceptors (Lipinski definition) is 9. The van der Waals surface area contributed by atoms with Crippen molar-refractivity contribution < 1.29 is 28.4 Å². The summed E-state index contributed by atoms with van der Waals surface area (Å²) in [5, 5.41) is 11.3. The monoisotopic (exact) mass is 601 g/mol. The molecule has 0 unspecified atom stereocenters. The summed E-state index contributed by atoms with van der Waals surface area (Å²) in [6, 6.07) is 8.75. The quantitative estimate of drug-likeness (QED) is 0.364. The van der Waals surface area contributed by atoms with Crippen molar-refractivity contribution in [3.63, 3.8) is 0 Å². The molecule has 3 amide bonds. The van der Waals surface area contributed by atoms with Gasteiger partial charge in [0.05, 0.1) is 37.6 Å². The number of fused-ring (bicyclic) bond motifs is 5. The molecule has 6 rings (SSSR count). The Morgan fingerprint density at radius 2 is 2.00 bits per heavy atom. The zero-order valence-electron chi connectivity index (χ0n) is 25.0. The number of ether oxygens (including phenoxy) is 2. The van der Waals surface area contributed by atoms with Gasteiger partial charge < -0.3 is 29.1 Å². The summed E-state index contributed by atoms with van der Waals surface area (Å²) < 4.78 is 18.5. The summed E-state index contributed by atoms with van der Waals surface area (Å²) in [7, 11) is 1.58. The fraction of sp³-hybridized carbons (Fsp3) is 0.419. The SMILES string of the molecule is COc1ccc2cc1OCCCN(C(=O)c1ccc3ncnn3c1)CC(=O)N[C@H]1CN(C(=O)CCc3c(C)noc3C)C[C@H]21. The molecule has 4 aromatic rings. The van der Waals surface area contributed by atoms with Gasteiger partial charge in [-0.25, -0.2) is 9.50 Å². The highest BCUT2D eigenvalue weighted by atomic mass is 16.5. The van der Waals surface area contributed by atoms with Crippen LogP contribution in [-0.4, -0.2) is 93.2 Å². The minimum atomic E-state index is -0.365. The van der Waals surface area contributed by atoms with Crippen LogP contribution in [0.25, 0.3) is 5.65 Å². The summed E-state index contributed by atoms with van der Waals surface area (Å²) in [6.07, 6.45) is 4.34. The topological polar surface area (TPSA) is 144 Å². The first-order chi connectivity index (χ1) is 21.3. The molecule has 1 N–H and O–H groups in total. The Morgan fingerprint density at radius 1 is 1.14 bits per heavy atom. The summed E-state index contributed by atoms with van der Waals surface area (Å²) in [5.74, 6) is 1.08. The number of carbonyl (C=O) groups is 3. The van der Waals surface area contributed by atoms with E-state index in [2.05, 4.69) is 20.6 Å². The molecule has 2 atom stereocenters. The molecule has 5 heterocycles. The molecule has 1 aromatic carbocycles. The smallest absolute Gasteiger partial charge is 0.255 e. The van der Waals surface area contributed by atoms with Gasteiger partial charge in [-0.05, 0) is 56.5 Å². The average molecular weight is 602 g/mol. The van der Waals surface area contributed by atoms with Gasteiger partial charge in [-0.1, -0.05) is 11.2 Å². The second-order valence-corrected chi connectivity index (χ2v) is 11.2. The number of benzene rings is 1. The largest absolute Gasteiger partial charge is 0.493 e. The molecule has 1 saturated heterocycles. The Hall–Kier alpha value is -4.94. The highest BCUT2D eigenvalue weighted by molar-refractivity contribution is 5.96. The van der Waals surface area contributed by atoms with E-state index in [1.165, 1.54) is 15.7 Å². The number of hydrogen-bond donors (Lipinski definition) is 1. The number of nitrogens with zero attached hydrogens (tertiary/aromatic N) is 6. The van der Waals surface area contributed by atoms with E-state index >= 15 is 0 Å². The fourth-order valence-corrected chi connectivity index (χ4v) is 6.02. The van der Waals surface area contributed by atoms with Crippen LogP contribution in [-0.2, 0) is 16.0 Å². The predicted molar refractivity (Wildman–Crippen MR) is 158 cm³/mol. The van der Waals surface area contributed by atoms with E-state index in [0.29, 0.717) is 74.0 Å². The minimum absolute atomic E-state index is 0.0156. The van der Waals surface area contributed by atoms with Crippen molar-refractivity contribution in [1.29, 1.82) is 0 Å². The first-order valence-electron chi connectivity index (χ1n) is 14.7. The van der Waals surface area contributed by atoms with Crippen LogP contribution in [0.2, 0.25) is 0 Å². The van der Waals surface area contributed by atoms with Crippen molar-refractivity contribution >= 4 is 23.4 Å². The number of amides is 3. The zero-order chi connectivity index (χ0) is 30.8. The van der Waals surface area contributed by atoms with E-state index in [9.17, 15) is 14.4 Å². The van der Waals surface area contributed by atoms with Crippen molar-refractivity contribution in [2.24, 2.45) is 0 Å². The fourth-order valence-electron chi connectivity index (χ4n) is 6.02. The third kappa shape index (κ3) is 5.94. The van der Waals surface area contributed by atoms with Crippen LogP contribution >= 0.6 is 0 Å². The van der Waals surface area contributed by atoms with Crippen molar-refractivity contribution in [3.8, 4) is 11.5 Å². The van der Waals surface area contributed by atoms with E-state index < -0.39 is 0 Å². The number of aromatic nitrogens is 4. The first kappa shape index (κ1) is 29.1. The van der Waals surface area contributed by atoms with Crippen molar-refractivity contribution in [2.75, 3.05) is 39.9 Å². The molecule has 1 fully saturated rings. The molecule has 2 aliphatic rings. The highest BCUT2D eigenvalue weighted by Crippen LogP contribution is 2.35. The van der Waals surface area contributed by atoms with Crippen molar-refractivity contribution in [1.82, 2.24) is 34.9 Å². The maximum atomic E-state index is 13.6. The number of likely N-dealkylation sites (tertiary alicyclic amines) is 1. The summed E-state index contributed by atoms with van der Waals surface area (Å²) in [4.78, 5) is 47.9. The van der Waals surface area contributed by atoms with Crippen LogP contribution in [0, 0.1) is 13.8 Å². The highest BCUT2D eigenvalue weighted by Gasteiger charge is 2.38. The minimum Gasteiger partial charge on any atom is -0.493 e.